The van der Waals surface area contributed by atoms with Crippen LogP contribution < -0.4 is 0 Å². The summed E-state index contributed by atoms with van der Waals surface area (Å²) >= 11 is 2.41. The molecule has 0 aliphatic carbocycles. The van der Waals surface area contributed by atoms with E-state index in [2.05, 4.69) is 25.1 Å². The van der Waals surface area contributed by atoms with E-state index < -0.39 is 0 Å². The van der Waals surface area contributed by atoms with Crippen molar-refractivity contribution < 1.29 is 0 Å². The molecule has 6 heteroatoms. The molecule has 0 N–H and O–H groups in total. The highest BCUT2D eigenvalue weighted by Crippen LogP contribution is 1.77. The lowest BCUT2D eigenvalue weighted by atomic mass is 35.4. The molecule has 0 aromatic heterocycles. The summed E-state index contributed by atoms with van der Waals surface area (Å²) in [5.41, 5.74) is 0. The van der Waals surface area contributed by atoms with E-state index in [1.54, 1.807) is 0 Å². The highest BCUT2D eigenvalue weighted by atomic mass is 79.9. The van der Waals surface area contributed by atoms with Crippen molar-refractivity contribution in [3.8, 4) is 0 Å². The van der Waals surface area contributed by atoms with Crippen LogP contribution in [0.25, 0.3) is 0 Å². The van der Waals surface area contributed by atoms with Crippen LogP contribution >= 0.6 is 74.8 Å². The van der Waals surface area contributed by atoms with Gasteiger partial charge in [0.1, 0.15) is 0 Å². The summed E-state index contributed by atoms with van der Waals surface area (Å²) in [6.45, 7) is 0. The Balaban J connectivity index is -0.000000000833. The molecule has 0 fully saturated rings. The minimum absolute atomic E-state index is 0. The number of halogens is 6. The van der Waals surface area contributed by atoms with Crippen molar-refractivity contribution in [1.29, 1.82) is 0 Å². The third-order valence-corrected chi connectivity index (χ3v) is 0. The van der Waals surface area contributed by atoms with Crippen molar-refractivity contribution in [3.05, 3.63) is 0 Å². The van der Waals surface area contributed by atoms with E-state index in [1.807, 2.05) is 0 Å². The summed E-state index contributed by atoms with van der Waals surface area (Å²) < 4.78 is 0. The van der Waals surface area contributed by atoms with Crippen LogP contribution in [0.1, 0.15) is 0 Å². The van der Waals surface area contributed by atoms with E-state index in [9.17, 15) is 0 Å². The first kappa shape index (κ1) is 44.4. The second kappa shape index (κ2) is 65.4. The van der Waals surface area contributed by atoms with Gasteiger partial charge in [-0.05, 0) is 10.1 Å². The molecule has 46 valence electrons. The van der Waals surface area contributed by atoms with Crippen LogP contribution in [-0.2, 0) is 0 Å². The molecule has 0 bridgehead atoms. The summed E-state index contributed by atoms with van der Waals surface area (Å²) in [5, 5.41) is 0. The molecule has 0 aliphatic rings. The van der Waals surface area contributed by atoms with Gasteiger partial charge in [0.25, 0.3) is 0 Å². The van der Waals surface area contributed by atoms with Crippen LogP contribution in [0.3, 0.4) is 0 Å². The van der Waals surface area contributed by atoms with Gasteiger partial charge in [-0.3, -0.25) is 0 Å². The first-order chi connectivity index (χ1) is 1.00. The molecule has 0 nitrogen and oxygen atoms in total. The quantitative estimate of drug-likeness (QED) is 0.628. The number of hydrogen-bond acceptors (Lipinski definition) is 0. The van der Waals surface area contributed by atoms with E-state index in [4.69, 9.17) is 0 Å². The van der Waals surface area contributed by atoms with Gasteiger partial charge in [0, 0.05) is 15.0 Å². The Labute approximate surface area is 74.4 Å². The number of hydrogen-bond donors (Lipinski definition) is 0. The second-order valence-corrected chi connectivity index (χ2v) is 0. The standard InChI is InChI=1S/BrCl.4ClH/c1-2;;;;/h;4*1H. The van der Waals surface area contributed by atoms with Gasteiger partial charge in [-0.25, -0.2) is 0 Å². The largest absolute Gasteiger partial charge is 0.147 e. The summed E-state index contributed by atoms with van der Waals surface area (Å²) in [4.78, 5) is 0. The lowest BCUT2D eigenvalue weighted by molar-refractivity contribution is 5.56. The van der Waals surface area contributed by atoms with Crippen LogP contribution in [0.4, 0.5) is 0 Å². The molecule has 0 aliphatic heterocycles. The zero-order chi connectivity index (χ0) is 2.00. The molecular formula is H4BrCl5. The zero-order valence-electron chi connectivity index (χ0n) is 2.39. The Kier molecular flexibility index (Phi) is 484. The molecule has 0 rings (SSSR count). The molecule has 0 heterocycles. The van der Waals surface area contributed by atoms with Crippen LogP contribution in [0, 0.1) is 0 Å². The van der Waals surface area contributed by atoms with E-state index in [0.717, 1.165) is 0 Å². The third-order valence-electron chi connectivity index (χ3n) is 0. The zero-order valence-corrected chi connectivity index (χ0v) is 8.00. The first-order valence-corrected chi connectivity index (χ1v) is 2.23. The summed E-state index contributed by atoms with van der Waals surface area (Å²) in [6, 6.07) is 0. The van der Waals surface area contributed by atoms with Crippen LogP contribution in [-0.4, -0.2) is 0 Å². The first-order valence-electron chi connectivity index (χ1n) is 0.143. The molecule has 0 aromatic carbocycles. The highest BCUT2D eigenvalue weighted by Gasteiger charge is 1.00. The molecule has 0 unspecified atom stereocenters. The fourth-order valence-corrected chi connectivity index (χ4v) is 0. The lowest BCUT2D eigenvalue weighted by Crippen LogP contribution is -0.235. The number of rotatable bonds is 0. The molecule has 6 heavy (non-hydrogen) atoms. The van der Waals surface area contributed by atoms with E-state index in [1.165, 1.54) is 0 Å². The van der Waals surface area contributed by atoms with Crippen LogP contribution in [0.15, 0.2) is 0 Å². The smallest absolute Gasteiger partial charge is 0.0341 e. The monoisotopic (exact) mass is 258 g/mol. The maximum atomic E-state index is 4.45. The van der Waals surface area contributed by atoms with Gasteiger partial charge in [-0.1, -0.05) is 0 Å². The van der Waals surface area contributed by atoms with Gasteiger partial charge >= 0.3 is 0 Å². The summed E-state index contributed by atoms with van der Waals surface area (Å²) in [5.74, 6) is 0. The van der Waals surface area contributed by atoms with Crippen molar-refractivity contribution in [2.24, 2.45) is 0 Å². The molecule has 0 amide bonds. The minimum atomic E-state index is 0. The summed E-state index contributed by atoms with van der Waals surface area (Å²) in [6.07, 6.45) is 0. The van der Waals surface area contributed by atoms with Crippen molar-refractivity contribution in [2.45, 2.75) is 0 Å². The Hall–Kier alpha value is 1.93. The fourth-order valence-electron chi connectivity index (χ4n) is 0. The van der Waals surface area contributed by atoms with E-state index in [0.29, 0.717) is 0 Å². The maximum absolute atomic E-state index is 4.45. The topological polar surface area (TPSA) is 0 Å². The maximum Gasteiger partial charge on any atom is 0.0341 e. The molecule has 0 saturated carbocycles. The van der Waals surface area contributed by atoms with Gasteiger partial charge in [-0.2, -0.15) is 0 Å². The Morgan fingerprint density at radius 3 is 0.667 bits per heavy atom. The normalized spacial score (nSPS) is 1.00. The fraction of sp³-hybridized carbons (Fsp3) is 0. The van der Waals surface area contributed by atoms with Crippen molar-refractivity contribution in [1.82, 2.24) is 0 Å². The van der Waals surface area contributed by atoms with Gasteiger partial charge in [-0.15, -0.1) is 49.6 Å². The average Bonchev–Trinajstić information content (AvgIpc) is 1.00. The third kappa shape index (κ3) is 38.7. The highest BCUT2D eigenvalue weighted by molar-refractivity contribution is 9.22. The molecule has 0 atom stereocenters. The molecule has 0 saturated heterocycles. The van der Waals surface area contributed by atoms with Gasteiger partial charge in [0.05, 0.1) is 0 Å². The Morgan fingerprint density at radius 1 is 0.667 bits per heavy atom. The molecule has 0 aromatic rings. The van der Waals surface area contributed by atoms with Gasteiger partial charge in [0.2, 0.25) is 0 Å². The van der Waals surface area contributed by atoms with Gasteiger partial charge < -0.3 is 0 Å². The van der Waals surface area contributed by atoms with Crippen LogP contribution in [0.2, 0.25) is 0 Å². The van der Waals surface area contributed by atoms with Crippen LogP contribution in [0.5, 0.6) is 0 Å². The second-order valence-electron chi connectivity index (χ2n) is 0. The lowest BCUT2D eigenvalue weighted by Gasteiger charge is -1.00. The Morgan fingerprint density at radius 2 is 0.667 bits per heavy atom. The predicted molar refractivity (Wildman–Crippen MR) is 43.8 cm³/mol. The molecule has 0 radical (unpaired) electrons. The minimum Gasteiger partial charge on any atom is -0.147 e. The Bertz CT molecular complexity index is 3.90. The summed E-state index contributed by atoms with van der Waals surface area (Å²) in [7, 11) is 4.45. The SMILES string of the molecule is Cl.Cl.Cl.Cl.ClBr. The molecular weight excluding hydrogens is 257 g/mol. The average molecular weight is 261 g/mol. The van der Waals surface area contributed by atoms with Gasteiger partial charge in [0.15, 0.2) is 0 Å². The van der Waals surface area contributed by atoms with E-state index in [-0.39, 0.29) is 49.6 Å². The van der Waals surface area contributed by atoms with E-state index >= 15 is 0 Å². The van der Waals surface area contributed by atoms with Crippen molar-refractivity contribution in [3.63, 3.8) is 0 Å². The predicted octanol–water partition coefficient (Wildman–Crippen LogP) is 3.22. The van der Waals surface area contributed by atoms with Crippen molar-refractivity contribution >= 4 is 74.8 Å². The van der Waals surface area contributed by atoms with Crippen molar-refractivity contribution in [2.75, 3.05) is 0 Å². The molecule has 0 spiro atoms.